The van der Waals surface area contributed by atoms with Crippen molar-refractivity contribution >= 4 is 24.1 Å². The van der Waals surface area contributed by atoms with Gasteiger partial charge in [0.2, 0.25) is 11.9 Å². The normalized spacial score (nSPS) is 13.8. The molecule has 1 aliphatic heterocycles. The third kappa shape index (κ3) is 8.17. The van der Waals surface area contributed by atoms with Gasteiger partial charge in [0.1, 0.15) is 6.61 Å². The molecule has 1 aliphatic rings. The fourth-order valence-electron chi connectivity index (χ4n) is 3.14. The van der Waals surface area contributed by atoms with Gasteiger partial charge >= 0.3 is 0 Å². The molecule has 2 heterocycles. The summed E-state index contributed by atoms with van der Waals surface area (Å²) in [4.78, 5) is 31.7. The number of anilines is 2. The molecule has 10 heteroatoms. The van der Waals surface area contributed by atoms with Crippen LogP contribution < -0.4 is 21.5 Å². The molecule has 1 atom stereocenters. The number of amides is 1. The maximum Gasteiger partial charge on any atom is 0.293 e. The maximum absolute atomic E-state index is 10.9. The summed E-state index contributed by atoms with van der Waals surface area (Å²) in [6.07, 6.45) is 2.96. The van der Waals surface area contributed by atoms with Crippen LogP contribution in [0, 0.1) is 6.92 Å². The highest BCUT2D eigenvalue weighted by molar-refractivity contribution is 5.87. The lowest BCUT2D eigenvalue weighted by Gasteiger charge is -2.25. The fraction of sp³-hybridized carbons (Fsp3) is 0.391. The second-order valence-electron chi connectivity index (χ2n) is 7.62. The Bertz CT molecular complexity index is 913. The lowest BCUT2D eigenvalue weighted by Crippen LogP contribution is -2.45. The van der Waals surface area contributed by atoms with Crippen molar-refractivity contribution in [2.75, 3.05) is 43.6 Å². The Labute approximate surface area is 194 Å². The molecule has 178 valence electrons. The van der Waals surface area contributed by atoms with E-state index in [1.807, 2.05) is 6.92 Å². The number of hydrogen-bond acceptors (Lipinski definition) is 9. The molecule has 1 aromatic heterocycles. The number of ether oxygens (including phenoxy) is 1. The highest BCUT2D eigenvalue weighted by Gasteiger charge is 2.13. The van der Waals surface area contributed by atoms with Gasteiger partial charge in [-0.25, -0.2) is 10.8 Å². The van der Waals surface area contributed by atoms with Gasteiger partial charge in [-0.3, -0.25) is 14.6 Å². The van der Waals surface area contributed by atoms with Gasteiger partial charge in [0, 0.05) is 39.4 Å². The van der Waals surface area contributed by atoms with Gasteiger partial charge in [0.25, 0.3) is 6.47 Å². The number of nitrogens with one attached hydrogen (secondary N) is 2. The molecule has 2 aromatic rings. The van der Waals surface area contributed by atoms with E-state index in [1.165, 1.54) is 16.6 Å². The van der Waals surface area contributed by atoms with Gasteiger partial charge in [-0.05, 0) is 25.5 Å². The number of benzene rings is 1. The van der Waals surface area contributed by atoms with Crippen molar-refractivity contribution in [3.63, 3.8) is 0 Å². The van der Waals surface area contributed by atoms with Crippen molar-refractivity contribution in [1.82, 2.24) is 20.2 Å². The Morgan fingerprint density at radius 3 is 2.61 bits per heavy atom. The molecule has 1 amide bonds. The highest BCUT2D eigenvalue weighted by Crippen LogP contribution is 2.21. The Morgan fingerprint density at radius 2 is 2.03 bits per heavy atom. The number of carbonyl (C=O) groups is 2. The summed E-state index contributed by atoms with van der Waals surface area (Å²) in [6, 6.07) is 8.30. The van der Waals surface area contributed by atoms with E-state index in [0.29, 0.717) is 23.8 Å². The Balaban J connectivity index is 0.000000321. The topological polar surface area (TPSA) is 126 Å². The van der Waals surface area contributed by atoms with Gasteiger partial charge in [-0.1, -0.05) is 36.4 Å². The Morgan fingerprint density at radius 1 is 1.36 bits per heavy atom. The molecule has 4 N–H and O–H groups in total. The first-order valence-corrected chi connectivity index (χ1v) is 10.7. The smallest absolute Gasteiger partial charge is 0.293 e. The number of hydrazine groups is 1. The number of aromatic nitrogens is 2. The first kappa shape index (κ1) is 25.8. The average molecular weight is 456 g/mol. The monoisotopic (exact) mass is 455 g/mol. The van der Waals surface area contributed by atoms with E-state index in [2.05, 4.69) is 58.4 Å². The van der Waals surface area contributed by atoms with Crippen LogP contribution >= 0.6 is 0 Å². The zero-order valence-corrected chi connectivity index (χ0v) is 19.5. The van der Waals surface area contributed by atoms with Crippen molar-refractivity contribution in [2.45, 2.75) is 26.5 Å². The Kier molecular flexibility index (Phi) is 10.3. The quantitative estimate of drug-likeness (QED) is 0.235. The first-order valence-electron chi connectivity index (χ1n) is 10.7. The van der Waals surface area contributed by atoms with E-state index < -0.39 is 0 Å². The van der Waals surface area contributed by atoms with E-state index in [4.69, 9.17) is 10.6 Å². The number of nitrogens with zero attached hydrogens (tertiary/aromatic N) is 4. The first-order chi connectivity index (χ1) is 15.8. The van der Waals surface area contributed by atoms with Crippen molar-refractivity contribution in [1.29, 1.82) is 0 Å². The molecule has 3 rings (SSSR count). The zero-order valence-electron chi connectivity index (χ0n) is 19.5. The summed E-state index contributed by atoms with van der Waals surface area (Å²) < 4.78 is 4.75. The molecule has 1 unspecified atom stereocenters. The van der Waals surface area contributed by atoms with Gasteiger partial charge in [-0.2, -0.15) is 4.98 Å². The number of hydrogen-bond donors (Lipinski definition) is 3. The van der Waals surface area contributed by atoms with E-state index in [9.17, 15) is 9.59 Å². The average Bonchev–Trinajstić information content (AvgIpc) is 2.84. The van der Waals surface area contributed by atoms with E-state index >= 15 is 0 Å². The van der Waals surface area contributed by atoms with Crippen LogP contribution in [0.25, 0.3) is 0 Å². The van der Waals surface area contributed by atoms with E-state index in [-0.39, 0.29) is 18.6 Å². The summed E-state index contributed by atoms with van der Waals surface area (Å²) >= 11 is 0. The highest BCUT2D eigenvalue weighted by atomic mass is 16.5. The molecular formula is C23H33N7O3. The van der Waals surface area contributed by atoms with Crippen molar-refractivity contribution in [2.24, 2.45) is 5.84 Å². The van der Waals surface area contributed by atoms with Crippen LogP contribution in [0.2, 0.25) is 0 Å². The minimum Gasteiger partial charge on any atom is -0.463 e. The van der Waals surface area contributed by atoms with Crippen LogP contribution in [0.3, 0.4) is 0 Å². The van der Waals surface area contributed by atoms with Crippen LogP contribution in [0.1, 0.15) is 29.7 Å². The van der Waals surface area contributed by atoms with E-state index in [0.717, 1.165) is 31.7 Å². The third-order valence-corrected chi connectivity index (χ3v) is 5.01. The molecule has 1 aromatic carbocycles. The van der Waals surface area contributed by atoms with Gasteiger partial charge < -0.3 is 20.3 Å². The predicted molar refractivity (Wildman–Crippen MR) is 128 cm³/mol. The summed E-state index contributed by atoms with van der Waals surface area (Å²) in [6.45, 7) is 11.4. The molecular weight excluding hydrogens is 422 g/mol. The molecule has 1 fully saturated rings. The van der Waals surface area contributed by atoms with Crippen LogP contribution in [0.15, 0.2) is 43.1 Å². The maximum atomic E-state index is 10.9. The van der Waals surface area contributed by atoms with Crippen molar-refractivity contribution in [3.8, 4) is 0 Å². The number of nitrogens with two attached hydrogens (primary N) is 1. The molecule has 0 radical (unpaired) electrons. The fourth-order valence-corrected chi connectivity index (χ4v) is 3.14. The second kappa shape index (κ2) is 13.1. The van der Waals surface area contributed by atoms with Crippen LogP contribution in [0.5, 0.6) is 0 Å². The van der Waals surface area contributed by atoms with Gasteiger partial charge in [0.05, 0.1) is 11.6 Å². The van der Waals surface area contributed by atoms with Crippen molar-refractivity contribution < 1.29 is 14.3 Å². The minimum atomic E-state index is 0.0431. The molecule has 0 spiro atoms. The van der Waals surface area contributed by atoms with E-state index in [1.54, 1.807) is 18.1 Å². The number of carbonyl (C=O) groups excluding carboxylic acids is 2. The standard InChI is InChI=1S/C16H21N5O2.C7H12N2O/c1-11-4-6-13(7-5-11)12(2)19-16-18-8-14(9-23-10-22)15(20-16)21(3)17;1-2-7(10)9-5-3-8-4-6-9/h4-8,10,12H,9,17H2,1-3H3,(H,18,19,20);2,8H,1,3-6H2. The Hall–Kier alpha value is -3.50. The number of aryl methyl sites for hydroxylation is 1. The summed E-state index contributed by atoms with van der Waals surface area (Å²) in [7, 11) is 1.67. The van der Waals surface area contributed by atoms with Crippen LogP contribution in [0.4, 0.5) is 11.8 Å². The summed E-state index contributed by atoms with van der Waals surface area (Å²) in [5.74, 6) is 6.79. The SMILES string of the molecule is C=CC(=O)N1CCNCC1.Cc1ccc(C(C)Nc2ncc(COC=O)c(N(C)N)n2)cc1. The lowest BCUT2D eigenvalue weighted by molar-refractivity contribution is -0.130. The lowest BCUT2D eigenvalue weighted by atomic mass is 10.1. The molecule has 1 saturated heterocycles. The number of piperazine rings is 1. The van der Waals surface area contributed by atoms with Gasteiger partial charge in [0.15, 0.2) is 5.82 Å². The van der Waals surface area contributed by atoms with Crippen LogP contribution in [-0.2, 0) is 20.9 Å². The summed E-state index contributed by atoms with van der Waals surface area (Å²) in [5.41, 5.74) is 2.98. The minimum absolute atomic E-state index is 0.0431. The molecule has 0 aliphatic carbocycles. The van der Waals surface area contributed by atoms with Crippen molar-refractivity contribution in [3.05, 3.63) is 59.8 Å². The third-order valence-electron chi connectivity index (χ3n) is 5.01. The zero-order chi connectivity index (χ0) is 24.2. The second-order valence-corrected chi connectivity index (χ2v) is 7.62. The predicted octanol–water partition coefficient (Wildman–Crippen LogP) is 1.55. The van der Waals surface area contributed by atoms with Crippen LogP contribution in [-0.4, -0.2) is 60.5 Å². The summed E-state index contributed by atoms with van der Waals surface area (Å²) in [5, 5.41) is 7.77. The number of rotatable bonds is 8. The van der Waals surface area contributed by atoms with Gasteiger partial charge in [-0.15, -0.1) is 0 Å². The molecule has 33 heavy (non-hydrogen) atoms. The largest absolute Gasteiger partial charge is 0.463 e. The molecule has 0 saturated carbocycles. The molecule has 10 nitrogen and oxygen atoms in total. The molecule has 0 bridgehead atoms.